The lowest BCUT2D eigenvalue weighted by atomic mass is 9.84. The molecule has 0 bridgehead atoms. The zero-order valence-electron chi connectivity index (χ0n) is 18.5. The van der Waals surface area contributed by atoms with Gasteiger partial charge in [-0.05, 0) is 38.0 Å². The summed E-state index contributed by atoms with van der Waals surface area (Å²) in [4.78, 5) is 4.66. The molecule has 0 aliphatic rings. The number of nitrogens with one attached hydrogen (secondary N) is 2. The van der Waals surface area contributed by atoms with E-state index < -0.39 is 0 Å². The molecule has 0 saturated carbocycles. The van der Waals surface area contributed by atoms with Crippen molar-refractivity contribution in [2.45, 2.75) is 46.1 Å². The quantitative estimate of drug-likeness (QED) is 0.213. The van der Waals surface area contributed by atoms with Crippen LogP contribution in [0.25, 0.3) is 0 Å². The highest BCUT2D eigenvalue weighted by atomic mass is 127. The van der Waals surface area contributed by atoms with Gasteiger partial charge in [0.25, 0.3) is 0 Å². The molecule has 168 valence electrons. The van der Waals surface area contributed by atoms with Gasteiger partial charge in [-0.3, -0.25) is 0 Å². The summed E-state index contributed by atoms with van der Waals surface area (Å²) in [5.41, 5.74) is 0.668. The third-order valence-corrected chi connectivity index (χ3v) is 4.83. The fourth-order valence-corrected chi connectivity index (χ4v) is 2.75. The van der Waals surface area contributed by atoms with Crippen LogP contribution < -0.4 is 10.6 Å². The summed E-state index contributed by atoms with van der Waals surface area (Å²) in [7, 11) is 1.93. The van der Waals surface area contributed by atoms with Crippen molar-refractivity contribution >= 4 is 29.9 Å². The van der Waals surface area contributed by atoms with E-state index in [0.29, 0.717) is 32.3 Å². The predicted molar refractivity (Wildman–Crippen MR) is 129 cm³/mol. The maximum absolute atomic E-state index is 13.6. The third-order valence-electron chi connectivity index (χ3n) is 4.83. The minimum absolute atomic E-state index is 0. The van der Waals surface area contributed by atoms with Crippen molar-refractivity contribution in [1.82, 2.24) is 25.4 Å². The monoisotopic (exact) mass is 532 g/mol. The highest BCUT2D eigenvalue weighted by Gasteiger charge is 2.21. The topological polar surface area (TPSA) is 76.4 Å². The molecule has 0 amide bonds. The van der Waals surface area contributed by atoms with Crippen LogP contribution in [0.15, 0.2) is 29.3 Å². The minimum Gasteiger partial charge on any atom is -0.382 e. The van der Waals surface area contributed by atoms with Crippen LogP contribution in [-0.4, -0.2) is 47.0 Å². The van der Waals surface area contributed by atoms with Gasteiger partial charge < -0.3 is 19.9 Å². The summed E-state index contributed by atoms with van der Waals surface area (Å²) < 4.78 is 20.9. The van der Waals surface area contributed by atoms with Crippen LogP contribution in [0.4, 0.5) is 4.39 Å². The summed E-state index contributed by atoms with van der Waals surface area (Å²) in [5, 5.41) is 15.0. The van der Waals surface area contributed by atoms with E-state index in [1.807, 2.05) is 31.5 Å². The molecular weight excluding hydrogens is 498 g/mol. The normalized spacial score (nSPS) is 11.9. The second-order valence-electron chi connectivity index (χ2n) is 7.61. The summed E-state index contributed by atoms with van der Waals surface area (Å²) >= 11 is 0. The Hall–Kier alpha value is -1.75. The molecule has 0 atom stereocenters. The molecule has 7 nitrogen and oxygen atoms in total. The molecule has 2 N–H and O–H groups in total. The summed E-state index contributed by atoms with van der Waals surface area (Å²) in [6.45, 7) is 11.2. The second kappa shape index (κ2) is 12.8. The van der Waals surface area contributed by atoms with Crippen LogP contribution in [-0.2, 0) is 23.7 Å². The van der Waals surface area contributed by atoms with Crippen molar-refractivity contribution in [1.29, 1.82) is 0 Å². The molecule has 1 aromatic heterocycles. The lowest BCUT2D eigenvalue weighted by Crippen LogP contribution is -2.44. The van der Waals surface area contributed by atoms with E-state index in [4.69, 9.17) is 4.74 Å². The maximum Gasteiger partial charge on any atom is 0.191 e. The van der Waals surface area contributed by atoms with Gasteiger partial charge in [0, 0.05) is 38.8 Å². The minimum atomic E-state index is -0.267. The highest BCUT2D eigenvalue weighted by molar-refractivity contribution is 14.0. The number of aliphatic imine (C=N–C) groups is 1. The standard InChI is InChI=1S/C21H33FN6O.HI/c1-6-29-12-8-11-23-20(24-14-19-27-26-16(2)28(19)5)25-15-21(3,4)17-9-7-10-18(22)13-17;/h7,9-10,13H,6,8,11-12,14-15H2,1-5H3,(H2,23,24,25);1H. The largest absolute Gasteiger partial charge is 0.382 e. The van der Waals surface area contributed by atoms with Crippen molar-refractivity contribution in [2.24, 2.45) is 12.0 Å². The number of aryl methyl sites for hydroxylation is 1. The third kappa shape index (κ3) is 8.17. The van der Waals surface area contributed by atoms with Gasteiger partial charge in [-0.1, -0.05) is 26.0 Å². The fraction of sp³-hybridized carbons (Fsp3) is 0.571. The van der Waals surface area contributed by atoms with Crippen LogP contribution in [0.3, 0.4) is 0 Å². The van der Waals surface area contributed by atoms with E-state index in [-0.39, 0.29) is 35.2 Å². The maximum atomic E-state index is 13.6. The average molecular weight is 532 g/mol. The zero-order valence-corrected chi connectivity index (χ0v) is 20.9. The molecule has 1 heterocycles. The fourth-order valence-electron chi connectivity index (χ4n) is 2.75. The van der Waals surface area contributed by atoms with Gasteiger partial charge in [0.05, 0.1) is 0 Å². The van der Waals surface area contributed by atoms with Gasteiger partial charge in [-0.25, -0.2) is 9.38 Å². The first-order chi connectivity index (χ1) is 13.8. The number of hydrogen-bond acceptors (Lipinski definition) is 4. The number of rotatable bonds is 10. The number of guanidine groups is 1. The predicted octanol–water partition coefficient (Wildman–Crippen LogP) is 3.32. The van der Waals surface area contributed by atoms with E-state index in [1.54, 1.807) is 12.1 Å². The van der Waals surface area contributed by atoms with Gasteiger partial charge in [0.15, 0.2) is 11.8 Å². The Balaban J connectivity index is 0.00000450. The van der Waals surface area contributed by atoms with Crippen LogP contribution in [0.5, 0.6) is 0 Å². The smallest absolute Gasteiger partial charge is 0.191 e. The second-order valence-corrected chi connectivity index (χ2v) is 7.61. The first kappa shape index (κ1) is 26.3. The van der Waals surface area contributed by atoms with E-state index in [2.05, 4.69) is 39.7 Å². The van der Waals surface area contributed by atoms with Crippen LogP contribution in [0.1, 0.15) is 44.4 Å². The molecule has 2 aromatic rings. The van der Waals surface area contributed by atoms with Crippen LogP contribution >= 0.6 is 24.0 Å². The van der Waals surface area contributed by atoms with Crippen molar-refractivity contribution in [3.63, 3.8) is 0 Å². The van der Waals surface area contributed by atoms with Crippen molar-refractivity contribution in [3.05, 3.63) is 47.3 Å². The summed E-state index contributed by atoms with van der Waals surface area (Å²) in [5.74, 6) is 2.10. The molecule has 30 heavy (non-hydrogen) atoms. The molecule has 2 rings (SSSR count). The van der Waals surface area contributed by atoms with Gasteiger partial charge in [-0.15, -0.1) is 34.2 Å². The van der Waals surface area contributed by atoms with Gasteiger partial charge in [0.2, 0.25) is 0 Å². The zero-order chi connectivity index (χ0) is 21.3. The molecule has 0 aliphatic heterocycles. The Kier molecular flexibility index (Phi) is 11.2. The SMILES string of the molecule is CCOCCCNC(=NCc1nnc(C)n1C)NCC(C)(C)c1cccc(F)c1.I. The molecule has 0 fully saturated rings. The van der Waals surface area contributed by atoms with Crippen molar-refractivity contribution in [3.8, 4) is 0 Å². The van der Waals surface area contributed by atoms with E-state index in [9.17, 15) is 4.39 Å². The van der Waals surface area contributed by atoms with E-state index >= 15 is 0 Å². The number of ether oxygens (including phenoxy) is 1. The van der Waals surface area contributed by atoms with Gasteiger partial charge in [0.1, 0.15) is 18.2 Å². The molecule has 1 aromatic carbocycles. The average Bonchev–Trinajstić information content (AvgIpc) is 3.01. The van der Waals surface area contributed by atoms with Crippen molar-refractivity contribution in [2.75, 3.05) is 26.3 Å². The number of nitrogens with zero attached hydrogens (tertiary/aromatic N) is 4. The molecule has 0 saturated heterocycles. The molecule has 0 unspecified atom stereocenters. The summed E-state index contributed by atoms with van der Waals surface area (Å²) in [6.07, 6.45) is 0.880. The van der Waals surface area contributed by atoms with E-state index in [1.165, 1.54) is 6.07 Å². The number of hydrogen-bond donors (Lipinski definition) is 2. The Bertz CT molecular complexity index is 809. The van der Waals surface area contributed by atoms with E-state index in [0.717, 1.165) is 30.2 Å². The molecular formula is C21H34FIN6O. The highest BCUT2D eigenvalue weighted by Crippen LogP contribution is 2.22. The molecule has 9 heteroatoms. The Morgan fingerprint density at radius 1 is 1.27 bits per heavy atom. The first-order valence-electron chi connectivity index (χ1n) is 10.0. The van der Waals surface area contributed by atoms with Crippen molar-refractivity contribution < 1.29 is 9.13 Å². The van der Waals surface area contributed by atoms with Crippen LogP contribution in [0.2, 0.25) is 0 Å². The number of aromatic nitrogens is 3. The first-order valence-corrected chi connectivity index (χ1v) is 10.0. The Morgan fingerprint density at radius 2 is 2.03 bits per heavy atom. The molecule has 0 aliphatic carbocycles. The molecule has 0 radical (unpaired) electrons. The Morgan fingerprint density at radius 3 is 2.67 bits per heavy atom. The molecule has 0 spiro atoms. The van der Waals surface area contributed by atoms with Gasteiger partial charge >= 0.3 is 0 Å². The number of halogens is 2. The summed E-state index contributed by atoms with van der Waals surface area (Å²) in [6, 6.07) is 6.72. The van der Waals surface area contributed by atoms with Crippen LogP contribution in [0, 0.1) is 12.7 Å². The Labute approximate surface area is 195 Å². The lowest BCUT2D eigenvalue weighted by molar-refractivity contribution is 0.145. The lowest BCUT2D eigenvalue weighted by Gasteiger charge is -2.27. The van der Waals surface area contributed by atoms with Gasteiger partial charge in [-0.2, -0.15) is 0 Å². The number of benzene rings is 1.